The number of nitrogens with zero attached hydrogens (tertiary/aromatic N) is 3. The predicted molar refractivity (Wildman–Crippen MR) is 94.9 cm³/mol. The van der Waals surface area contributed by atoms with Gasteiger partial charge < -0.3 is 9.90 Å². The van der Waals surface area contributed by atoms with Crippen LogP contribution in [0.4, 0.5) is 5.82 Å². The first-order valence-electron chi connectivity index (χ1n) is 7.56. The molecule has 1 aromatic carbocycles. The fourth-order valence-corrected chi connectivity index (χ4v) is 1.91. The second-order valence-corrected chi connectivity index (χ2v) is 4.86. The molecule has 7 heteroatoms. The van der Waals surface area contributed by atoms with E-state index in [2.05, 4.69) is 20.5 Å². The first-order valence-corrected chi connectivity index (χ1v) is 7.56. The van der Waals surface area contributed by atoms with Crippen molar-refractivity contribution in [2.45, 2.75) is 6.92 Å². The smallest absolute Gasteiger partial charge is 0.146 e. The number of hydrogen-bond donors (Lipinski definition) is 1. The number of aliphatic carboxylic acids is 1. The minimum absolute atomic E-state index is 0. The van der Waals surface area contributed by atoms with Gasteiger partial charge in [-0.3, -0.25) is 10.4 Å². The molecule has 2 heterocycles. The number of hydrazone groups is 1. The number of carbonyl (C=O) groups excluding carboxylic acids is 1. The molecule has 0 aliphatic heterocycles. The van der Waals surface area contributed by atoms with Gasteiger partial charge in [0.1, 0.15) is 11.5 Å². The number of carboxylic acids is 1. The Balaban J connectivity index is 0.000000616. The summed E-state index contributed by atoms with van der Waals surface area (Å²) < 4.78 is 0. The third-order valence-corrected chi connectivity index (χ3v) is 2.90. The molecule has 2 aromatic heterocycles. The van der Waals surface area contributed by atoms with E-state index in [1.165, 1.54) is 0 Å². The molecular formula is C19H17N4O2Zn-. The molecule has 0 aliphatic rings. The van der Waals surface area contributed by atoms with Crippen LogP contribution >= 0.6 is 0 Å². The average molecular weight is 399 g/mol. The van der Waals surface area contributed by atoms with Gasteiger partial charge >= 0.3 is 0 Å². The van der Waals surface area contributed by atoms with Crippen LogP contribution < -0.4 is 10.5 Å². The third-order valence-electron chi connectivity index (χ3n) is 2.90. The van der Waals surface area contributed by atoms with Gasteiger partial charge in [0.15, 0.2) is 0 Å². The number of benzene rings is 1. The Labute approximate surface area is 164 Å². The van der Waals surface area contributed by atoms with E-state index in [-0.39, 0.29) is 19.5 Å². The van der Waals surface area contributed by atoms with Crippen molar-refractivity contribution in [1.29, 1.82) is 0 Å². The van der Waals surface area contributed by atoms with Crippen LogP contribution in [0.1, 0.15) is 18.2 Å². The minimum Gasteiger partial charge on any atom is -0.550 e. The van der Waals surface area contributed by atoms with Crippen molar-refractivity contribution >= 4 is 17.5 Å². The number of carboxylic acid groups (broad SMARTS) is 1. The number of hydrogen-bond acceptors (Lipinski definition) is 6. The maximum Gasteiger partial charge on any atom is 0.146 e. The average Bonchev–Trinajstić information content (AvgIpc) is 2.64. The largest absolute Gasteiger partial charge is 0.550 e. The first kappa shape index (κ1) is 21.1. The van der Waals surface area contributed by atoms with Crippen molar-refractivity contribution in [2.75, 3.05) is 5.43 Å². The number of rotatable bonds is 4. The Morgan fingerprint density at radius 1 is 0.923 bits per heavy atom. The summed E-state index contributed by atoms with van der Waals surface area (Å²) in [4.78, 5) is 17.5. The van der Waals surface area contributed by atoms with Crippen molar-refractivity contribution in [3.8, 4) is 0 Å². The molecule has 0 saturated carbocycles. The van der Waals surface area contributed by atoms with E-state index in [4.69, 9.17) is 9.90 Å². The molecule has 0 amide bonds. The van der Waals surface area contributed by atoms with Gasteiger partial charge in [0, 0.05) is 43.4 Å². The van der Waals surface area contributed by atoms with Crippen LogP contribution in [-0.2, 0) is 24.3 Å². The normalized spacial score (nSPS) is 9.96. The summed E-state index contributed by atoms with van der Waals surface area (Å²) in [5.41, 5.74) is 5.57. The number of anilines is 1. The standard InChI is InChI=1S/C17H14N4.C2H4O2.Zn/c1-2-8-14(9-3-1)17(15-10-4-6-12-18-15)21-20-16-11-5-7-13-19-16;1-2(3)4;/h1-13H,(H,19,20);1H3,(H,3,4);/p-1/b21-17+;;. The Morgan fingerprint density at radius 2 is 1.50 bits per heavy atom. The van der Waals surface area contributed by atoms with Crippen molar-refractivity contribution in [3.63, 3.8) is 0 Å². The Kier molecular flexibility index (Phi) is 9.43. The predicted octanol–water partition coefficient (Wildman–Crippen LogP) is 2.09. The number of carbonyl (C=O) groups is 1. The molecule has 0 saturated heterocycles. The van der Waals surface area contributed by atoms with Gasteiger partial charge in [0.2, 0.25) is 0 Å². The summed E-state index contributed by atoms with van der Waals surface area (Å²) in [5, 5.41) is 13.4. The van der Waals surface area contributed by atoms with Gasteiger partial charge in [-0.05, 0) is 31.2 Å². The maximum atomic E-state index is 8.89. The minimum atomic E-state index is -1.08. The summed E-state index contributed by atoms with van der Waals surface area (Å²) in [7, 11) is 0. The zero-order valence-electron chi connectivity index (χ0n) is 14.4. The zero-order chi connectivity index (χ0) is 17.9. The van der Waals surface area contributed by atoms with E-state index < -0.39 is 5.97 Å². The van der Waals surface area contributed by atoms with Crippen LogP contribution in [0.3, 0.4) is 0 Å². The van der Waals surface area contributed by atoms with Crippen LogP contribution in [0.2, 0.25) is 0 Å². The van der Waals surface area contributed by atoms with Gasteiger partial charge in [0.05, 0.1) is 5.69 Å². The molecule has 6 nitrogen and oxygen atoms in total. The SMILES string of the molecule is CC(=O)[O-].[Zn].c1ccc(/C(=N\Nc2ccccn2)c2ccccn2)cc1. The summed E-state index contributed by atoms with van der Waals surface area (Å²) in [6.45, 7) is 0.972. The van der Waals surface area contributed by atoms with Crippen molar-refractivity contribution < 1.29 is 29.4 Å². The summed E-state index contributed by atoms with van der Waals surface area (Å²) in [6, 6.07) is 21.4. The molecule has 0 unspecified atom stereocenters. The molecule has 128 valence electrons. The fourth-order valence-electron chi connectivity index (χ4n) is 1.91. The molecule has 0 aliphatic carbocycles. The van der Waals surface area contributed by atoms with E-state index in [0.29, 0.717) is 5.82 Å². The Bertz CT molecular complexity index is 767. The van der Waals surface area contributed by atoms with E-state index in [1.807, 2.05) is 66.7 Å². The van der Waals surface area contributed by atoms with Gasteiger partial charge in [-0.15, -0.1) is 0 Å². The van der Waals surface area contributed by atoms with Gasteiger partial charge in [-0.25, -0.2) is 4.98 Å². The number of aromatic nitrogens is 2. The van der Waals surface area contributed by atoms with E-state index in [1.54, 1.807) is 12.4 Å². The Hall–Kier alpha value is -2.92. The van der Waals surface area contributed by atoms with E-state index in [9.17, 15) is 0 Å². The van der Waals surface area contributed by atoms with Crippen LogP contribution in [0.15, 0.2) is 84.2 Å². The molecule has 3 aromatic rings. The molecule has 0 radical (unpaired) electrons. The summed E-state index contributed by atoms with van der Waals surface area (Å²) in [5.74, 6) is -0.387. The van der Waals surface area contributed by atoms with Crippen molar-refractivity contribution in [3.05, 3.63) is 90.4 Å². The summed E-state index contributed by atoms with van der Waals surface area (Å²) in [6.07, 6.45) is 3.48. The molecule has 3 rings (SSSR count). The van der Waals surface area contributed by atoms with Crippen LogP contribution in [0, 0.1) is 0 Å². The second-order valence-electron chi connectivity index (χ2n) is 4.86. The molecule has 0 bridgehead atoms. The molecule has 0 fully saturated rings. The fraction of sp³-hybridized carbons (Fsp3) is 0.0526. The van der Waals surface area contributed by atoms with Crippen LogP contribution in [0.25, 0.3) is 0 Å². The van der Waals surface area contributed by atoms with Crippen LogP contribution in [-0.4, -0.2) is 21.6 Å². The Morgan fingerprint density at radius 3 is 2.04 bits per heavy atom. The first-order chi connectivity index (χ1) is 12.2. The van der Waals surface area contributed by atoms with Gasteiger partial charge in [-0.2, -0.15) is 5.10 Å². The van der Waals surface area contributed by atoms with E-state index >= 15 is 0 Å². The topological polar surface area (TPSA) is 90.3 Å². The third kappa shape index (κ3) is 7.32. The van der Waals surface area contributed by atoms with Gasteiger partial charge in [0.25, 0.3) is 0 Å². The zero-order valence-corrected chi connectivity index (χ0v) is 17.3. The molecular weight excluding hydrogens is 382 g/mol. The number of pyridine rings is 2. The van der Waals surface area contributed by atoms with Crippen LogP contribution in [0.5, 0.6) is 0 Å². The summed E-state index contributed by atoms with van der Waals surface area (Å²) >= 11 is 0. The van der Waals surface area contributed by atoms with Crippen molar-refractivity contribution in [2.24, 2.45) is 5.10 Å². The van der Waals surface area contributed by atoms with Gasteiger partial charge in [-0.1, -0.05) is 42.5 Å². The number of nitrogens with one attached hydrogen (secondary N) is 1. The van der Waals surface area contributed by atoms with E-state index in [0.717, 1.165) is 23.9 Å². The molecule has 26 heavy (non-hydrogen) atoms. The molecule has 0 spiro atoms. The monoisotopic (exact) mass is 397 g/mol. The van der Waals surface area contributed by atoms with Crippen molar-refractivity contribution in [1.82, 2.24) is 9.97 Å². The quantitative estimate of drug-likeness (QED) is 0.413. The molecule has 0 atom stereocenters. The second kappa shape index (κ2) is 11.6. The maximum absolute atomic E-state index is 8.89. The molecule has 1 N–H and O–H groups in total.